The highest BCUT2D eigenvalue weighted by Gasteiger charge is 2.37. The van der Waals surface area contributed by atoms with E-state index in [-0.39, 0.29) is 25.2 Å². The van der Waals surface area contributed by atoms with Gasteiger partial charge in [0.2, 0.25) is 53.2 Å². The second-order valence-electron chi connectivity index (χ2n) is 20.0. The summed E-state index contributed by atoms with van der Waals surface area (Å²) in [6.45, 7) is 7.74. The van der Waals surface area contributed by atoms with Gasteiger partial charge in [-0.25, -0.2) is 4.79 Å². The van der Waals surface area contributed by atoms with Crippen molar-refractivity contribution in [3.63, 3.8) is 0 Å². The van der Waals surface area contributed by atoms with Crippen LogP contribution in [0.25, 0.3) is 10.9 Å². The first-order valence-electron chi connectivity index (χ1n) is 26.0. The van der Waals surface area contributed by atoms with E-state index in [9.17, 15) is 87.9 Å². The van der Waals surface area contributed by atoms with Gasteiger partial charge in [-0.2, -0.15) is 11.8 Å². The number of nitrogens with one attached hydrogen (secondary N) is 9. The number of thioether (sulfide) groups is 1. The second-order valence-corrected chi connectivity index (χ2v) is 21.0. The average molecular weight is 1160 g/mol. The standard InChI is InChI=1S/C51H77N11O18S/c1-24(2)21-29(52)43(71)55-31(11-15-37(53)64)44(72)56-32(12-16-38(65)66)45(73)57-33(13-17-39(67)68)46(74)60-36(22-27-23-54-30-10-8-7-9-28(27)30)48(76)58-34(14-18-40(69)70)47(75)62-42(26(5)63)50(78)61-41(25(3)4)49(77)59-35(51(79)80)19-20-81-6/h7-10,23-26,29,31-36,41-42,54,63H,11-22,52H2,1-6H3,(H2,53,64)(H,55,71)(H,56,72)(H,57,73)(H,58,76)(H,59,77)(H,60,74)(H,61,78)(H,62,75)(H,65,66)(H,67,68)(H,69,70)(H,79,80)/t26-,29+,31+,32+,33+,34+,35+,36+,41+,42+/m1/s1. The molecule has 0 fully saturated rings. The lowest BCUT2D eigenvalue weighted by atomic mass is 10.0. The SMILES string of the molecule is CSCC[C@H](NC(=O)[C@@H](NC(=O)[C@@H](NC(=O)[C@H](CCC(=O)O)NC(=O)[C@H](Cc1c[nH]c2ccccc12)NC(=O)[C@H](CCC(=O)O)NC(=O)[C@H](CCC(=O)O)NC(=O)[C@H](CCC(N)=O)NC(=O)[C@@H](N)CC(C)C)[C@@H](C)O)C(C)C)C(=O)O. The van der Waals surface area contributed by atoms with E-state index in [4.69, 9.17) is 11.5 Å². The van der Waals surface area contributed by atoms with Gasteiger partial charge in [0.15, 0.2) is 0 Å². The van der Waals surface area contributed by atoms with E-state index in [1.165, 1.54) is 31.8 Å². The second kappa shape index (κ2) is 34.3. The smallest absolute Gasteiger partial charge is 0.326 e. The Morgan fingerprint density at radius 2 is 0.938 bits per heavy atom. The minimum Gasteiger partial charge on any atom is -0.481 e. The predicted molar refractivity (Wildman–Crippen MR) is 291 cm³/mol. The number of amides is 9. The molecule has 1 aromatic carbocycles. The number of carbonyl (C=O) groups excluding carboxylic acids is 9. The minimum atomic E-state index is -1.88. The highest BCUT2D eigenvalue weighted by Crippen LogP contribution is 2.20. The van der Waals surface area contributed by atoms with Crippen molar-refractivity contribution >= 4 is 99.7 Å². The highest BCUT2D eigenvalue weighted by molar-refractivity contribution is 7.98. The summed E-state index contributed by atoms with van der Waals surface area (Å²) in [7, 11) is 0. The Hall–Kier alpha value is -7.86. The summed E-state index contributed by atoms with van der Waals surface area (Å²) < 4.78 is 0. The zero-order chi connectivity index (χ0) is 61.3. The number of aromatic amines is 1. The van der Waals surface area contributed by atoms with E-state index in [0.717, 1.165) is 6.92 Å². The molecule has 29 nitrogen and oxygen atoms in total. The number of aliphatic carboxylic acids is 4. The Kier molecular flexibility index (Phi) is 29.3. The van der Waals surface area contributed by atoms with Crippen LogP contribution in [0.2, 0.25) is 0 Å². The quantitative estimate of drug-likeness (QED) is 0.0336. The van der Waals surface area contributed by atoms with Crippen molar-refractivity contribution in [2.75, 3.05) is 12.0 Å². The molecule has 0 saturated heterocycles. The summed E-state index contributed by atoms with van der Waals surface area (Å²) in [5.41, 5.74) is 12.3. The molecule has 0 unspecified atom stereocenters. The average Bonchev–Trinajstić information content (AvgIpc) is 3.80. The van der Waals surface area contributed by atoms with Crippen LogP contribution in [0.1, 0.15) is 104 Å². The van der Waals surface area contributed by atoms with Crippen LogP contribution in [-0.4, -0.2) is 180 Å². The topological polar surface area (TPSA) is 487 Å². The Morgan fingerprint density at radius 3 is 1.37 bits per heavy atom. The number of carbonyl (C=O) groups is 13. The molecule has 450 valence electrons. The Morgan fingerprint density at radius 1 is 0.531 bits per heavy atom. The van der Waals surface area contributed by atoms with Gasteiger partial charge < -0.3 is 84.5 Å². The number of benzene rings is 1. The lowest BCUT2D eigenvalue weighted by Crippen LogP contribution is -2.62. The molecule has 0 bridgehead atoms. The van der Waals surface area contributed by atoms with Crippen LogP contribution in [0, 0.1) is 11.8 Å². The van der Waals surface area contributed by atoms with Gasteiger partial charge >= 0.3 is 23.9 Å². The molecule has 2 aromatic rings. The maximum atomic E-state index is 14.5. The van der Waals surface area contributed by atoms with E-state index in [0.29, 0.717) is 22.2 Å². The molecule has 0 aliphatic heterocycles. The first-order valence-corrected chi connectivity index (χ1v) is 27.4. The number of nitrogens with two attached hydrogens (primary N) is 2. The molecule has 18 N–H and O–H groups in total. The van der Waals surface area contributed by atoms with Gasteiger partial charge in [-0.1, -0.05) is 45.9 Å². The number of para-hydroxylation sites is 1. The fraction of sp³-hybridized carbons (Fsp3) is 0.588. The molecular formula is C51H77N11O18S. The lowest BCUT2D eigenvalue weighted by molar-refractivity contribution is -0.143. The van der Waals surface area contributed by atoms with Crippen molar-refractivity contribution in [1.82, 2.24) is 47.5 Å². The Bertz CT molecular complexity index is 2560. The third-order valence-corrected chi connectivity index (χ3v) is 13.1. The zero-order valence-electron chi connectivity index (χ0n) is 45.9. The van der Waals surface area contributed by atoms with Gasteiger partial charge in [0.1, 0.15) is 48.3 Å². The summed E-state index contributed by atoms with van der Waals surface area (Å²) in [5, 5.41) is 68.7. The molecule has 0 aliphatic carbocycles. The van der Waals surface area contributed by atoms with Crippen molar-refractivity contribution in [3.8, 4) is 0 Å². The van der Waals surface area contributed by atoms with Crippen LogP contribution in [0.15, 0.2) is 30.5 Å². The van der Waals surface area contributed by atoms with E-state index in [1.807, 2.05) is 0 Å². The number of aliphatic hydroxyl groups excluding tert-OH is 1. The van der Waals surface area contributed by atoms with E-state index < -0.39 is 195 Å². The predicted octanol–water partition coefficient (Wildman–Crippen LogP) is -2.30. The lowest BCUT2D eigenvalue weighted by Gasteiger charge is -2.29. The molecule has 81 heavy (non-hydrogen) atoms. The molecule has 1 heterocycles. The summed E-state index contributed by atoms with van der Waals surface area (Å²) in [5.74, 6) is -15.6. The first kappa shape index (κ1) is 69.2. The monoisotopic (exact) mass is 1160 g/mol. The van der Waals surface area contributed by atoms with Gasteiger partial charge in [-0.3, -0.25) is 57.5 Å². The maximum Gasteiger partial charge on any atom is 0.326 e. The Balaban J connectivity index is 2.60. The van der Waals surface area contributed by atoms with Crippen LogP contribution < -0.4 is 54.0 Å². The number of carboxylic acid groups (broad SMARTS) is 4. The molecule has 2 rings (SSSR count). The number of carboxylic acids is 4. The number of rotatable bonds is 38. The van der Waals surface area contributed by atoms with Crippen molar-refractivity contribution < 1.29 is 87.9 Å². The molecule has 10 atom stereocenters. The summed E-state index contributed by atoms with van der Waals surface area (Å²) in [4.78, 5) is 173. The van der Waals surface area contributed by atoms with E-state index >= 15 is 0 Å². The number of H-pyrrole nitrogens is 1. The Labute approximate surface area is 470 Å². The van der Waals surface area contributed by atoms with Crippen molar-refractivity contribution in [2.45, 2.75) is 166 Å². The number of aromatic nitrogens is 1. The third-order valence-electron chi connectivity index (χ3n) is 12.5. The molecule has 9 amide bonds. The molecule has 0 radical (unpaired) electrons. The molecular weight excluding hydrogens is 1090 g/mol. The molecule has 0 spiro atoms. The molecule has 30 heteroatoms. The van der Waals surface area contributed by atoms with Gasteiger partial charge in [0.05, 0.1) is 12.1 Å². The summed E-state index contributed by atoms with van der Waals surface area (Å²) in [6, 6.07) is -7.79. The number of fused-ring (bicyclic) bond motifs is 1. The number of aliphatic hydroxyl groups is 1. The van der Waals surface area contributed by atoms with E-state index in [1.54, 1.807) is 44.4 Å². The van der Waals surface area contributed by atoms with Crippen LogP contribution in [0.3, 0.4) is 0 Å². The maximum absolute atomic E-state index is 14.5. The van der Waals surface area contributed by atoms with Crippen molar-refractivity contribution in [1.29, 1.82) is 0 Å². The highest BCUT2D eigenvalue weighted by atomic mass is 32.2. The van der Waals surface area contributed by atoms with Crippen molar-refractivity contribution in [3.05, 3.63) is 36.0 Å². The van der Waals surface area contributed by atoms with Gasteiger partial charge in [-0.15, -0.1) is 0 Å². The summed E-state index contributed by atoms with van der Waals surface area (Å²) >= 11 is 1.34. The zero-order valence-corrected chi connectivity index (χ0v) is 46.7. The molecule has 0 aliphatic rings. The van der Waals surface area contributed by atoms with Crippen LogP contribution >= 0.6 is 11.8 Å². The largest absolute Gasteiger partial charge is 0.481 e. The first-order chi connectivity index (χ1) is 37.9. The van der Waals surface area contributed by atoms with Crippen molar-refractivity contribution in [2.24, 2.45) is 23.3 Å². The third kappa shape index (κ3) is 24.6. The van der Waals surface area contributed by atoms with Gasteiger partial charge in [0, 0.05) is 49.2 Å². The molecule has 1 aromatic heterocycles. The summed E-state index contributed by atoms with van der Waals surface area (Å²) in [6.07, 6.45) is -3.74. The van der Waals surface area contributed by atoms with Crippen LogP contribution in [-0.2, 0) is 68.7 Å². The minimum absolute atomic E-state index is 0.0467. The van der Waals surface area contributed by atoms with Gasteiger partial charge in [0.25, 0.3) is 0 Å². The van der Waals surface area contributed by atoms with Gasteiger partial charge in [-0.05, 0) is 80.9 Å². The molecule has 0 saturated carbocycles. The van der Waals surface area contributed by atoms with Crippen LogP contribution in [0.4, 0.5) is 0 Å². The number of hydrogen-bond acceptors (Lipinski definition) is 16. The van der Waals surface area contributed by atoms with Crippen LogP contribution in [0.5, 0.6) is 0 Å². The fourth-order valence-corrected chi connectivity index (χ4v) is 8.54. The normalized spacial score (nSPS) is 14.9. The number of primary amides is 1. The van der Waals surface area contributed by atoms with E-state index in [2.05, 4.69) is 47.5 Å². The number of hydrogen-bond donors (Lipinski definition) is 16. The fourth-order valence-electron chi connectivity index (χ4n) is 8.07.